The zero-order valence-corrected chi connectivity index (χ0v) is 28.7. The number of nitrogens with zero attached hydrogens (tertiary/aromatic N) is 1. The summed E-state index contributed by atoms with van der Waals surface area (Å²) in [5.41, 5.74) is 11.4. The van der Waals surface area contributed by atoms with Crippen molar-refractivity contribution < 1.29 is 8.83 Å². The number of fused-ring (bicyclic) bond motifs is 9. The minimum atomic E-state index is 0.874. The number of benzene rings is 8. The van der Waals surface area contributed by atoms with Crippen LogP contribution in [-0.2, 0) is 0 Å². The maximum Gasteiger partial charge on any atom is 0.143 e. The lowest BCUT2D eigenvalue weighted by atomic mass is 9.99. The van der Waals surface area contributed by atoms with E-state index < -0.39 is 0 Å². The molecule has 0 aliphatic rings. The Bertz CT molecular complexity index is 3090. The van der Waals surface area contributed by atoms with Crippen molar-refractivity contribution in [2.24, 2.45) is 0 Å². The van der Waals surface area contributed by atoms with Gasteiger partial charge in [-0.25, -0.2) is 0 Å². The van der Waals surface area contributed by atoms with Gasteiger partial charge in [0.15, 0.2) is 0 Å². The minimum Gasteiger partial charge on any atom is -0.456 e. The van der Waals surface area contributed by atoms with Crippen molar-refractivity contribution >= 4 is 92.4 Å². The Kier molecular flexibility index (Phi) is 6.42. The molecule has 0 aliphatic heterocycles. The fourth-order valence-corrected chi connectivity index (χ4v) is 9.06. The van der Waals surface area contributed by atoms with Crippen LogP contribution >= 0.6 is 11.3 Å². The second-order valence-electron chi connectivity index (χ2n) is 13.3. The number of thiophene rings is 1. The van der Waals surface area contributed by atoms with Crippen molar-refractivity contribution in [1.82, 2.24) is 0 Å². The highest BCUT2D eigenvalue weighted by Gasteiger charge is 2.19. The van der Waals surface area contributed by atoms with Crippen molar-refractivity contribution in [1.29, 1.82) is 0 Å². The van der Waals surface area contributed by atoms with Gasteiger partial charge in [0.1, 0.15) is 22.3 Å². The van der Waals surface area contributed by atoms with E-state index in [1.54, 1.807) is 0 Å². The first-order valence-electron chi connectivity index (χ1n) is 17.5. The Morgan fingerprint density at radius 2 is 0.962 bits per heavy atom. The summed E-state index contributed by atoms with van der Waals surface area (Å²) in [4.78, 5) is 2.36. The molecule has 3 nitrogen and oxygen atoms in total. The number of hydrogen-bond acceptors (Lipinski definition) is 4. The summed E-state index contributed by atoms with van der Waals surface area (Å²) in [6.45, 7) is 0. The summed E-state index contributed by atoms with van der Waals surface area (Å²) in [5, 5.41) is 7.02. The number of para-hydroxylation sites is 4. The van der Waals surface area contributed by atoms with Crippen LogP contribution in [0, 0.1) is 0 Å². The standard InChI is InChI=1S/C48H29NO2S/c1-3-11-33(12-4-1)49(34-13-5-2-6-14-34)42-19-10-18-41-39-26-23-32(29-46(39)52-48(41)42)35-16-9-17-40-38-25-22-31(28-45(38)51-47(35)40)30-21-24-37-36-15-7-8-20-43(36)50-44(37)27-30/h1-29H. The van der Waals surface area contributed by atoms with Crippen LogP contribution in [0.3, 0.4) is 0 Å². The number of hydrogen-bond donors (Lipinski definition) is 0. The van der Waals surface area contributed by atoms with E-state index in [0.717, 1.165) is 77.5 Å². The van der Waals surface area contributed by atoms with Crippen LogP contribution < -0.4 is 4.90 Å². The fraction of sp³-hybridized carbons (Fsp3) is 0. The van der Waals surface area contributed by atoms with Gasteiger partial charge in [-0.2, -0.15) is 0 Å². The van der Waals surface area contributed by atoms with E-state index in [9.17, 15) is 0 Å². The van der Waals surface area contributed by atoms with E-state index in [0.29, 0.717) is 0 Å². The van der Waals surface area contributed by atoms with Crippen molar-refractivity contribution in [3.8, 4) is 22.3 Å². The molecular weight excluding hydrogens is 655 g/mol. The zero-order valence-electron chi connectivity index (χ0n) is 27.9. The Morgan fingerprint density at radius 3 is 1.73 bits per heavy atom. The first-order chi connectivity index (χ1) is 25.8. The predicted octanol–water partition coefficient (Wildman–Crippen LogP) is 14.7. The molecule has 0 atom stereocenters. The highest BCUT2D eigenvalue weighted by molar-refractivity contribution is 7.26. The summed E-state index contributed by atoms with van der Waals surface area (Å²) in [6.07, 6.45) is 0. The largest absolute Gasteiger partial charge is 0.456 e. The number of furan rings is 2. The highest BCUT2D eigenvalue weighted by Crippen LogP contribution is 2.46. The molecular formula is C48H29NO2S. The van der Waals surface area contributed by atoms with Crippen LogP contribution in [0.2, 0.25) is 0 Å². The third-order valence-electron chi connectivity index (χ3n) is 10.3. The lowest BCUT2D eigenvalue weighted by molar-refractivity contribution is 0.668. The summed E-state index contributed by atoms with van der Waals surface area (Å²) in [6, 6.07) is 62.4. The third kappa shape index (κ3) is 4.51. The summed E-state index contributed by atoms with van der Waals surface area (Å²) < 4.78 is 15.4. The molecule has 8 aromatic carbocycles. The first kappa shape index (κ1) is 29.1. The SMILES string of the molecule is c1ccc(N(c2ccccc2)c2cccc3c2sc2cc(-c4cccc5c4oc4cc(-c6ccc7c(c6)oc6ccccc67)ccc45)ccc23)cc1. The van der Waals surface area contributed by atoms with E-state index in [4.69, 9.17) is 8.83 Å². The molecule has 3 aromatic heterocycles. The molecule has 0 saturated heterocycles. The van der Waals surface area contributed by atoms with Gasteiger partial charge < -0.3 is 13.7 Å². The Labute approximate surface area is 303 Å². The van der Waals surface area contributed by atoms with Gasteiger partial charge in [-0.1, -0.05) is 109 Å². The van der Waals surface area contributed by atoms with Crippen LogP contribution in [0.25, 0.3) is 86.3 Å². The van der Waals surface area contributed by atoms with Gasteiger partial charge in [0.2, 0.25) is 0 Å². The molecule has 244 valence electrons. The molecule has 0 amide bonds. The van der Waals surface area contributed by atoms with Gasteiger partial charge in [0.25, 0.3) is 0 Å². The van der Waals surface area contributed by atoms with Gasteiger partial charge >= 0.3 is 0 Å². The number of anilines is 3. The molecule has 0 radical (unpaired) electrons. The second kappa shape index (κ2) is 11.5. The van der Waals surface area contributed by atoms with Crippen molar-refractivity contribution in [3.63, 3.8) is 0 Å². The fourth-order valence-electron chi connectivity index (χ4n) is 7.82. The van der Waals surface area contributed by atoms with Crippen molar-refractivity contribution in [3.05, 3.63) is 176 Å². The average Bonchev–Trinajstić information content (AvgIpc) is 3.89. The van der Waals surface area contributed by atoms with E-state index in [2.05, 4.69) is 169 Å². The molecule has 0 aliphatic carbocycles. The summed E-state index contributed by atoms with van der Waals surface area (Å²) in [7, 11) is 0. The Hall–Kier alpha value is -6.62. The molecule has 0 spiro atoms. The van der Waals surface area contributed by atoms with Crippen LogP contribution in [0.1, 0.15) is 0 Å². The quantitative estimate of drug-likeness (QED) is 0.181. The Balaban J connectivity index is 1.02. The van der Waals surface area contributed by atoms with Crippen LogP contribution in [0.4, 0.5) is 17.1 Å². The van der Waals surface area contributed by atoms with Crippen LogP contribution in [-0.4, -0.2) is 0 Å². The Morgan fingerprint density at radius 1 is 0.385 bits per heavy atom. The zero-order chi connectivity index (χ0) is 34.2. The molecule has 0 bridgehead atoms. The van der Waals surface area contributed by atoms with Gasteiger partial charge in [0.05, 0.1) is 10.4 Å². The van der Waals surface area contributed by atoms with Gasteiger partial charge in [-0.3, -0.25) is 0 Å². The monoisotopic (exact) mass is 683 g/mol. The minimum absolute atomic E-state index is 0.874. The van der Waals surface area contributed by atoms with E-state index in [-0.39, 0.29) is 0 Å². The molecule has 0 fully saturated rings. The maximum atomic E-state index is 6.73. The van der Waals surface area contributed by atoms with Crippen molar-refractivity contribution in [2.75, 3.05) is 4.90 Å². The smallest absolute Gasteiger partial charge is 0.143 e. The average molecular weight is 684 g/mol. The number of rotatable bonds is 5. The third-order valence-corrected chi connectivity index (χ3v) is 11.5. The first-order valence-corrected chi connectivity index (χ1v) is 18.3. The van der Waals surface area contributed by atoms with E-state index >= 15 is 0 Å². The molecule has 11 rings (SSSR count). The molecule has 3 heterocycles. The normalized spacial score (nSPS) is 11.8. The van der Waals surface area contributed by atoms with Crippen LogP contribution in [0.15, 0.2) is 185 Å². The lowest BCUT2D eigenvalue weighted by Gasteiger charge is -2.25. The summed E-state index contributed by atoms with van der Waals surface area (Å²) in [5.74, 6) is 0. The molecule has 0 saturated carbocycles. The lowest BCUT2D eigenvalue weighted by Crippen LogP contribution is -2.09. The molecule has 0 N–H and O–H groups in total. The van der Waals surface area contributed by atoms with Gasteiger partial charge in [-0.05, 0) is 83.4 Å². The van der Waals surface area contributed by atoms with Crippen LogP contribution in [0.5, 0.6) is 0 Å². The maximum absolute atomic E-state index is 6.73. The van der Waals surface area contributed by atoms with E-state index in [1.807, 2.05) is 23.5 Å². The predicted molar refractivity (Wildman–Crippen MR) is 219 cm³/mol. The van der Waals surface area contributed by atoms with E-state index in [1.165, 1.54) is 25.9 Å². The topological polar surface area (TPSA) is 29.5 Å². The highest BCUT2D eigenvalue weighted by atomic mass is 32.1. The molecule has 11 aromatic rings. The van der Waals surface area contributed by atoms with Crippen molar-refractivity contribution in [2.45, 2.75) is 0 Å². The molecule has 4 heteroatoms. The molecule has 52 heavy (non-hydrogen) atoms. The summed E-state index contributed by atoms with van der Waals surface area (Å²) >= 11 is 1.85. The molecule has 0 unspecified atom stereocenters. The van der Waals surface area contributed by atoms with Gasteiger partial charge in [0, 0.05) is 54.0 Å². The van der Waals surface area contributed by atoms with Gasteiger partial charge in [-0.15, -0.1) is 11.3 Å². The second-order valence-corrected chi connectivity index (χ2v) is 14.3.